The fraction of sp³-hybridized carbons (Fsp3) is 0.389. The molecule has 0 radical (unpaired) electrons. The van der Waals surface area contributed by atoms with Crippen molar-refractivity contribution < 1.29 is 13.2 Å². The Morgan fingerprint density at radius 3 is 2.56 bits per heavy atom. The van der Waals surface area contributed by atoms with E-state index in [9.17, 15) is 13.2 Å². The highest BCUT2D eigenvalue weighted by Crippen LogP contribution is 2.22. The molecule has 1 heterocycles. The van der Waals surface area contributed by atoms with Gasteiger partial charge in [0.2, 0.25) is 10.0 Å². The Hall–Kier alpha value is -1.70. The van der Waals surface area contributed by atoms with Crippen LogP contribution in [0.5, 0.6) is 0 Å². The lowest BCUT2D eigenvalue weighted by Crippen LogP contribution is -2.32. The van der Waals surface area contributed by atoms with Gasteiger partial charge in [-0.05, 0) is 56.5 Å². The Balaban J connectivity index is 2.09. The van der Waals surface area contributed by atoms with Crippen molar-refractivity contribution in [1.29, 1.82) is 0 Å². The zero-order valence-corrected chi connectivity index (χ0v) is 16.6. The van der Waals surface area contributed by atoms with Gasteiger partial charge in [-0.25, -0.2) is 13.1 Å². The van der Waals surface area contributed by atoms with Crippen molar-refractivity contribution in [2.45, 2.75) is 45.9 Å². The predicted molar refractivity (Wildman–Crippen MR) is 104 cm³/mol. The molecule has 0 aliphatic heterocycles. The van der Waals surface area contributed by atoms with E-state index in [0.717, 1.165) is 16.9 Å². The summed E-state index contributed by atoms with van der Waals surface area (Å²) < 4.78 is 27.0. The van der Waals surface area contributed by atoms with Crippen LogP contribution in [0.25, 0.3) is 0 Å². The smallest absolute Gasteiger partial charge is 0.265 e. The van der Waals surface area contributed by atoms with Crippen LogP contribution in [0.15, 0.2) is 30.3 Å². The Labute approximate surface area is 153 Å². The average molecular weight is 381 g/mol. The topological polar surface area (TPSA) is 75.3 Å². The fourth-order valence-corrected chi connectivity index (χ4v) is 4.68. The van der Waals surface area contributed by atoms with Gasteiger partial charge < -0.3 is 5.32 Å². The van der Waals surface area contributed by atoms with E-state index in [2.05, 4.69) is 10.0 Å². The molecule has 0 bridgehead atoms. The summed E-state index contributed by atoms with van der Waals surface area (Å²) in [7, 11) is -3.41. The maximum Gasteiger partial charge on any atom is 0.265 e. The van der Waals surface area contributed by atoms with Gasteiger partial charge in [0.1, 0.15) is 0 Å². The standard InChI is InChI=1S/C18H24N2O3S2/c1-5-13(3)20-25(22,23)11-15-7-6-8-16(10-15)19-18(21)17-9-12(2)14(4)24-17/h6-10,13,20H,5,11H2,1-4H3,(H,19,21)/t13-/m0/s1. The highest BCUT2D eigenvalue weighted by atomic mass is 32.2. The maximum atomic E-state index is 12.3. The van der Waals surface area contributed by atoms with Gasteiger partial charge in [0.05, 0.1) is 10.6 Å². The van der Waals surface area contributed by atoms with Crippen molar-refractivity contribution in [2.24, 2.45) is 0 Å². The van der Waals surface area contributed by atoms with Crippen LogP contribution in [0, 0.1) is 13.8 Å². The van der Waals surface area contributed by atoms with E-state index in [1.165, 1.54) is 11.3 Å². The van der Waals surface area contributed by atoms with Crippen LogP contribution in [0.3, 0.4) is 0 Å². The fourth-order valence-electron chi connectivity index (χ4n) is 2.27. The van der Waals surface area contributed by atoms with E-state index in [4.69, 9.17) is 0 Å². The normalized spacial score (nSPS) is 12.8. The molecule has 0 fully saturated rings. The number of aryl methyl sites for hydroxylation is 2. The van der Waals surface area contributed by atoms with Crippen molar-refractivity contribution in [3.8, 4) is 0 Å². The summed E-state index contributed by atoms with van der Waals surface area (Å²) in [6.07, 6.45) is 0.731. The SMILES string of the molecule is CC[C@H](C)NS(=O)(=O)Cc1cccc(NC(=O)c2cc(C)c(C)s2)c1. The number of hydrogen-bond acceptors (Lipinski definition) is 4. The lowest BCUT2D eigenvalue weighted by Gasteiger charge is -2.12. The first-order chi connectivity index (χ1) is 11.7. The minimum atomic E-state index is -3.41. The molecule has 5 nitrogen and oxygen atoms in total. The average Bonchev–Trinajstić information content (AvgIpc) is 2.86. The van der Waals surface area contributed by atoms with Crippen molar-refractivity contribution in [3.63, 3.8) is 0 Å². The lowest BCUT2D eigenvalue weighted by molar-refractivity contribution is 0.103. The summed E-state index contributed by atoms with van der Waals surface area (Å²) in [5.41, 5.74) is 2.31. The number of rotatable bonds is 7. The molecule has 2 aromatic rings. The lowest BCUT2D eigenvalue weighted by atomic mass is 10.2. The Morgan fingerprint density at radius 1 is 1.24 bits per heavy atom. The number of anilines is 1. The molecule has 2 N–H and O–H groups in total. The summed E-state index contributed by atoms with van der Waals surface area (Å²) in [6, 6.07) is 8.70. The van der Waals surface area contributed by atoms with Gasteiger partial charge >= 0.3 is 0 Å². The molecule has 7 heteroatoms. The third kappa shape index (κ3) is 5.66. The summed E-state index contributed by atoms with van der Waals surface area (Å²) in [5.74, 6) is -0.294. The van der Waals surface area contributed by atoms with Gasteiger partial charge in [-0.3, -0.25) is 4.79 Å². The third-order valence-corrected chi connectivity index (χ3v) is 6.55. The molecule has 1 aromatic heterocycles. The van der Waals surface area contributed by atoms with Crippen LogP contribution in [-0.4, -0.2) is 20.4 Å². The number of benzene rings is 1. The highest BCUT2D eigenvalue weighted by Gasteiger charge is 2.15. The minimum Gasteiger partial charge on any atom is -0.321 e. The molecule has 0 aliphatic carbocycles. The monoisotopic (exact) mass is 380 g/mol. The van der Waals surface area contributed by atoms with E-state index in [1.807, 2.05) is 33.8 Å². The molecule has 0 aliphatic rings. The molecule has 0 saturated carbocycles. The number of amides is 1. The third-order valence-electron chi connectivity index (χ3n) is 3.92. The first-order valence-corrected chi connectivity index (χ1v) is 10.6. The van der Waals surface area contributed by atoms with Gasteiger partial charge in [-0.1, -0.05) is 19.1 Å². The Morgan fingerprint density at radius 2 is 1.96 bits per heavy atom. The number of sulfonamides is 1. The number of carbonyl (C=O) groups excluding carboxylic acids is 1. The Bertz CT molecular complexity index is 837. The first kappa shape index (κ1) is 19.6. The molecule has 1 amide bonds. The van der Waals surface area contributed by atoms with Crippen molar-refractivity contribution in [2.75, 3.05) is 5.32 Å². The molecular weight excluding hydrogens is 356 g/mol. The van der Waals surface area contributed by atoms with E-state index in [0.29, 0.717) is 16.1 Å². The number of nitrogens with one attached hydrogen (secondary N) is 2. The maximum absolute atomic E-state index is 12.3. The van der Waals surface area contributed by atoms with Crippen LogP contribution < -0.4 is 10.0 Å². The Kier molecular flexibility index (Phi) is 6.37. The highest BCUT2D eigenvalue weighted by molar-refractivity contribution is 7.88. The summed E-state index contributed by atoms with van der Waals surface area (Å²) in [4.78, 5) is 14.1. The van der Waals surface area contributed by atoms with Gasteiger partial charge in [-0.15, -0.1) is 11.3 Å². The molecule has 2 rings (SSSR count). The second-order valence-corrected chi connectivity index (χ2v) is 9.20. The van der Waals surface area contributed by atoms with Crippen LogP contribution >= 0.6 is 11.3 Å². The second-order valence-electron chi connectivity index (χ2n) is 6.19. The van der Waals surface area contributed by atoms with Gasteiger partial charge in [-0.2, -0.15) is 0 Å². The van der Waals surface area contributed by atoms with Gasteiger partial charge in [0, 0.05) is 16.6 Å². The van der Waals surface area contributed by atoms with E-state index in [1.54, 1.807) is 24.3 Å². The molecule has 25 heavy (non-hydrogen) atoms. The molecule has 136 valence electrons. The zero-order chi connectivity index (χ0) is 18.6. The van der Waals surface area contributed by atoms with E-state index in [-0.39, 0.29) is 17.7 Å². The molecular formula is C18H24N2O3S2. The van der Waals surface area contributed by atoms with Crippen LogP contribution in [-0.2, 0) is 15.8 Å². The predicted octanol–water partition coefficient (Wildman–Crippen LogP) is 3.84. The van der Waals surface area contributed by atoms with E-state index >= 15 is 0 Å². The number of carbonyl (C=O) groups is 1. The molecule has 0 spiro atoms. The number of thiophene rings is 1. The minimum absolute atomic E-state index is 0.0989. The van der Waals surface area contributed by atoms with Crippen molar-refractivity contribution in [1.82, 2.24) is 4.72 Å². The van der Waals surface area contributed by atoms with Crippen LogP contribution in [0.4, 0.5) is 5.69 Å². The van der Waals surface area contributed by atoms with Crippen molar-refractivity contribution in [3.05, 3.63) is 51.2 Å². The zero-order valence-electron chi connectivity index (χ0n) is 14.9. The molecule has 0 unspecified atom stereocenters. The van der Waals surface area contributed by atoms with Gasteiger partial charge in [0.25, 0.3) is 5.91 Å². The molecule has 1 aromatic carbocycles. The molecule has 0 saturated heterocycles. The van der Waals surface area contributed by atoms with Crippen LogP contribution in [0.2, 0.25) is 0 Å². The second kappa shape index (κ2) is 8.12. The van der Waals surface area contributed by atoms with Crippen molar-refractivity contribution >= 4 is 33.0 Å². The quantitative estimate of drug-likeness (QED) is 0.766. The summed E-state index contributed by atoms with van der Waals surface area (Å²) in [6.45, 7) is 7.71. The number of hydrogen-bond donors (Lipinski definition) is 2. The van der Waals surface area contributed by atoms with Gasteiger partial charge in [0.15, 0.2) is 0 Å². The summed E-state index contributed by atoms with van der Waals surface area (Å²) in [5, 5.41) is 2.83. The van der Waals surface area contributed by atoms with Crippen LogP contribution in [0.1, 0.15) is 45.9 Å². The first-order valence-electron chi connectivity index (χ1n) is 8.17. The molecule has 1 atom stereocenters. The summed E-state index contributed by atoms with van der Waals surface area (Å²) >= 11 is 1.45. The van der Waals surface area contributed by atoms with E-state index < -0.39 is 10.0 Å². The largest absolute Gasteiger partial charge is 0.321 e.